The van der Waals surface area contributed by atoms with Gasteiger partial charge in [-0.3, -0.25) is 9.59 Å². The first-order valence-electron chi connectivity index (χ1n) is 10.5. The Morgan fingerprint density at radius 2 is 1.76 bits per heavy atom. The summed E-state index contributed by atoms with van der Waals surface area (Å²) in [6, 6.07) is 10.0. The molecule has 1 aromatic heterocycles. The molecule has 0 spiro atoms. The van der Waals surface area contributed by atoms with Gasteiger partial charge in [0.05, 0.1) is 0 Å². The van der Waals surface area contributed by atoms with Crippen molar-refractivity contribution < 1.29 is 14.0 Å². The third-order valence-corrected chi connectivity index (χ3v) is 5.46. The second-order valence-electron chi connectivity index (χ2n) is 7.46. The zero-order chi connectivity index (χ0) is 20.6. The van der Waals surface area contributed by atoms with Crippen molar-refractivity contribution in [3.8, 4) is 0 Å². The highest BCUT2D eigenvalue weighted by Gasteiger charge is 2.33. The van der Waals surface area contributed by atoms with Crippen LogP contribution in [0.1, 0.15) is 50.5 Å². The van der Waals surface area contributed by atoms with E-state index in [9.17, 15) is 9.59 Å². The normalized spacial score (nSPS) is 17.0. The molecule has 0 bridgehead atoms. The third kappa shape index (κ3) is 5.65. The number of amides is 2. The molecule has 0 radical (unpaired) electrons. The predicted molar refractivity (Wildman–Crippen MR) is 109 cm³/mol. The van der Waals surface area contributed by atoms with Crippen molar-refractivity contribution in [3.05, 3.63) is 47.7 Å². The van der Waals surface area contributed by atoms with Crippen LogP contribution in [-0.4, -0.2) is 57.5 Å². The van der Waals surface area contributed by atoms with E-state index in [1.807, 2.05) is 13.0 Å². The molecule has 2 aromatic rings. The van der Waals surface area contributed by atoms with Crippen LogP contribution in [0.3, 0.4) is 0 Å². The van der Waals surface area contributed by atoms with Crippen LogP contribution in [0.4, 0.5) is 0 Å². The van der Waals surface area contributed by atoms with E-state index in [4.69, 9.17) is 4.42 Å². The lowest BCUT2D eigenvalue weighted by Crippen LogP contribution is -2.57. The van der Waals surface area contributed by atoms with Gasteiger partial charge < -0.3 is 14.2 Å². The van der Waals surface area contributed by atoms with Gasteiger partial charge in [0, 0.05) is 38.9 Å². The Bertz CT molecular complexity index is 805. The van der Waals surface area contributed by atoms with Gasteiger partial charge in [-0.2, -0.15) is 0 Å². The van der Waals surface area contributed by atoms with E-state index in [1.54, 1.807) is 16.7 Å². The van der Waals surface area contributed by atoms with E-state index in [2.05, 4.69) is 34.5 Å². The summed E-state index contributed by atoms with van der Waals surface area (Å²) in [5, 5.41) is 8.16. The highest BCUT2D eigenvalue weighted by Crippen LogP contribution is 2.14. The van der Waals surface area contributed by atoms with Gasteiger partial charge in [0.1, 0.15) is 6.04 Å². The fraction of sp³-hybridized carbons (Fsp3) is 0.545. The summed E-state index contributed by atoms with van der Waals surface area (Å²) in [4.78, 5) is 28.2. The average molecular weight is 399 g/mol. The van der Waals surface area contributed by atoms with Gasteiger partial charge in [0.15, 0.2) is 0 Å². The number of unbranched alkanes of at least 4 members (excludes halogenated alkanes) is 1. The SMILES string of the molecule is CCN1CCN(C(=O)CCc2nnc(CCCCc3ccccc3)o2)[C@@H](C)C1=O. The second kappa shape index (κ2) is 10.2. The number of aromatic nitrogens is 2. The molecule has 3 rings (SSSR count). The molecule has 7 heteroatoms. The number of carbonyl (C=O) groups excluding carboxylic acids is 2. The van der Waals surface area contributed by atoms with E-state index >= 15 is 0 Å². The minimum atomic E-state index is -0.404. The molecule has 1 fully saturated rings. The molecule has 156 valence electrons. The first kappa shape index (κ1) is 21.0. The number of aryl methyl sites for hydroxylation is 3. The van der Waals surface area contributed by atoms with Crippen LogP contribution in [-0.2, 0) is 28.9 Å². The van der Waals surface area contributed by atoms with Gasteiger partial charge in [0.2, 0.25) is 23.6 Å². The molecule has 1 aromatic carbocycles. The van der Waals surface area contributed by atoms with Crippen molar-refractivity contribution in [2.75, 3.05) is 19.6 Å². The number of rotatable bonds is 9. The first-order valence-corrected chi connectivity index (χ1v) is 10.5. The summed E-state index contributed by atoms with van der Waals surface area (Å²) in [6.45, 7) is 5.61. The molecule has 1 aliphatic rings. The number of hydrogen-bond acceptors (Lipinski definition) is 5. The number of hydrogen-bond donors (Lipinski definition) is 0. The van der Waals surface area contributed by atoms with Gasteiger partial charge in [-0.05, 0) is 38.7 Å². The van der Waals surface area contributed by atoms with Gasteiger partial charge in [-0.1, -0.05) is 30.3 Å². The molecule has 2 amide bonds. The van der Waals surface area contributed by atoms with E-state index < -0.39 is 6.04 Å². The zero-order valence-electron chi connectivity index (χ0n) is 17.3. The monoisotopic (exact) mass is 398 g/mol. The predicted octanol–water partition coefficient (Wildman–Crippen LogP) is 2.65. The topological polar surface area (TPSA) is 79.5 Å². The standard InChI is InChI=1S/C22H30N4O3/c1-3-25-15-16-26(17(2)22(25)28)21(27)14-13-20-24-23-19(29-20)12-8-7-11-18-9-5-4-6-10-18/h4-6,9-10,17H,3,7-8,11-16H2,1-2H3/t17-/m0/s1. The van der Waals surface area contributed by atoms with Crippen LogP contribution < -0.4 is 0 Å². The second-order valence-corrected chi connectivity index (χ2v) is 7.46. The molecule has 0 saturated carbocycles. The van der Waals surface area contributed by atoms with Crippen molar-refractivity contribution in [2.45, 2.75) is 58.4 Å². The largest absolute Gasteiger partial charge is 0.425 e. The molecule has 0 N–H and O–H groups in total. The maximum absolute atomic E-state index is 12.5. The molecule has 29 heavy (non-hydrogen) atoms. The molecular weight excluding hydrogens is 368 g/mol. The quantitative estimate of drug-likeness (QED) is 0.607. The zero-order valence-corrected chi connectivity index (χ0v) is 17.3. The summed E-state index contributed by atoms with van der Waals surface area (Å²) in [5.74, 6) is 1.09. The average Bonchev–Trinajstić information content (AvgIpc) is 3.20. The molecule has 7 nitrogen and oxygen atoms in total. The Morgan fingerprint density at radius 1 is 1.07 bits per heavy atom. The Hall–Kier alpha value is -2.70. The van der Waals surface area contributed by atoms with E-state index in [0.29, 0.717) is 37.8 Å². The number of likely N-dealkylation sites (N-methyl/N-ethyl adjacent to an activating group) is 1. The lowest BCUT2D eigenvalue weighted by atomic mass is 10.1. The van der Waals surface area contributed by atoms with Crippen molar-refractivity contribution >= 4 is 11.8 Å². The highest BCUT2D eigenvalue weighted by molar-refractivity contribution is 5.88. The van der Waals surface area contributed by atoms with Crippen LogP contribution >= 0.6 is 0 Å². The molecule has 1 atom stereocenters. The maximum atomic E-state index is 12.5. The summed E-state index contributed by atoms with van der Waals surface area (Å²) >= 11 is 0. The minimum Gasteiger partial charge on any atom is -0.425 e. The summed E-state index contributed by atoms with van der Waals surface area (Å²) in [5.41, 5.74) is 1.34. The maximum Gasteiger partial charge on any atom is 0.245 e. The van der Waals surface area contributed by atoms with Crippen LogP contribution in [0.5, 0.6) is 0 Å². The molecular formula is C22H30N4O3. The van der Waals surface area contributed by atoms with Crippen LogP contribution in [0.25, 0.3) is 0 Å². The molecule has 0 aliphatic carbocycles. The summed E-state index contributed by atoms with van der Waals surface area (Å²) in [6.07, 6.45) is 4.52. The van der Waals surface area contributed by atoms with Gasteiger partial charge in [-0.25, -0.2) is 0 Å². The van der Waals surface area contributed by atoms with Crippen LogP contribution in [0.2, 0.25) is 0 Å². The van der Waals surface area contributed by atoms with Crippen molar-refractivity contribution in [1.82, 2.24) is 20.0 Å². The number of benzene rings is 1. The van der Waals surface area contributed by atoms with E-state index in [1.165, 1.54) is 5.56 Å². The summed E-state index contributed by atoms with van der Waals surface area (Å²) < 4.78 is 5.69. The Kier molecular flexibility index (Phi) is 7.38. The van der Waals surface area contributed by atoms with Crippen molar-refractivity contribution in [1.29, 1.82) is 0 Å². The minimum absolute atomic E-state index is 0.0164. The van der Waals surface area contributed by atoms with E-state index in [0.717, 1.165) is 25.7 Å². The third-order valence-electron chi connectivity index (χ3n) is 5.46. The molecule has 1 saturated heterocycles. The van der Waals surface area contributed by atoms with Gasteiger partial charge in [0.25, 0.3) is 0 Å². The van der Waals surface area contributed by atoms with Crippen LogP contribution in [0.15, 0.2) is 34.7 Å². The lowest BCUT2D eigenvalue weighted by molar-refractivity contribution is -0.150. The number of nitrogens with zero attached hydrogens (tertiary/aromatic N) is 4. The molecule has 1 aliphatic heterocycles. The van der Waals surface area contributed by atoms with Gasteiger partial charge >= 0.3 is 0 Å². The van der Waals surface area contributed by atoms with Crippen molar-refractivity contribution in [2.24, 2.45) is 0 Å². The number of carbonyl (C=O) groups is 2. The smallest absolute Gasteiger partial charge is 0.245 e. The highest BCUT2D eigenvalue weighted by atomic mass is 16.4. The number of piperazine rings is 1. The van der Waals surface area contributed by atoms with E-state index in [-0.39, 0.29) is 18.2 Å². The van der Waals surface area contributed by atoms with Gasteiger partial charge in [-0.15, -0.1) is 10.2 Å². The van der Waals surface area contributed by atoms with Crippen molar-refractivity contribution in [3.63, 3.8) is 0 Å². The van der Waals surface area contributed by atoms with Crippen LogP contribution in [0, 0.1) is 0 Å². The fourth-order valence-electron chi connectivity index (χ4n) is 3.68. The molecule has 2 heterocycles. The molecule has 0 unspecified atom stereocenters. The summed E-state index contributed by atoms with van der Waals surface area (Å²) in [7, 11) is 0. The Morgan fingerprint density at radius 3 is 2.48 bits per heavy atom. The Balaban J connectivity index is 1.39. The lowest BCUT2D eigenvalue weighted by Gasteiger charge is -2.38. The first-order chi connectivity index (χ1) is 14.1. The Labute approximate surface area is 172 Å². The fourth-order valence-corrected chi connectivity index (χ4v) is 3.68.